The molecule has 0 fully saturated rings. The highest BCUT2D eigenvalue weighted by molar-refractivity contribution is 14.2. The molecule has 0 saturated heterocycles. The molecule has 0 amide bonds. The standard InChI is InChI=1S/C7H7IN2O/c1-11-10-7-5-3-2-4-6(7)9-8-10/h2-5H,1H3. The highest BCUT2D eigenvalue weighted by Crippen LogP contribution is 2.41. The number of fused-ring (bicyclic) bond motifs is 1. The normalized spacial score (nSPS) is 14.5. The molecule has 3 nitrogen and oxygen atoms in total. The molecule has 0 unspecified atom stereocenters. The van der Waals surface area contributed by atoms with Crippen molar-refractivity contribution < 1.29 is 4.84 Å². The van der Waals surface area contributed by atoms with Gasteiger partial charge in [0, 0.05) is 0 Å². The summed E-state index contributed by atoms with van der Waals surface area (Å²) >= 11 is -0.317. The predicted octanol–water partition coefficient (Wildman–Crippen LogP) is 2.77. The highest BCUT2D eigenvalue weighted by Gasteiger charge is 2.14. The summed E-state index contributed by atoms with van der Waals surface area (Å²) in [6.07, 6.45) is 0. The zero-order chi connectivity index (χ0) is 7.68. The Bertz CT molecular complexity index is 300. The summed E-state index contributed by atoms with van der Waals surface area (Å²) < 4.78 is 6.23. The van der Waals surface area contributed by atoms with Gasteiger partial charge in [0.05, 0.1) is 12.8 Å². The van der Waals surface area contributed by atoms with Crippen LogP contribution in [-0.4, -0.2) is 7.11 Å². The van der Waals surface area contributed by atoms with E-state index in [4.69, 9.17) is 4.84 Å². The minimum atomic E-state index is -0.317. The largest absolute Gasteiger partial charge is 0.266 e. The molecular weight excluding hydrogens is 255 g/mol. The van der Waals surface area contributed by atoms with Crippen LogP contribution in [0.25, 0.3) is 0 Å². The number of halogens is 1. The van der Waals surface area contributed by atoms with Crippen LogP contribution in [0, 0.1) is 0 Å². The molecule has 11 heavy (non-hydrogen) atoms. The average Bonchev–Trinajstić information content (AvgIpc) is 2.47. The molecular formula is C7H7IN2O. The van der Waals surface area contributed by atoms with Crippen LogP contribution in [-0.2, 0) is 4.84 Å². The molecule has 0 aliphatic carbocycles. The molecule has 0 radical (unpaired) electrons. The van der Waals surface area contributed by atoms with Crippen molar-refractivity contribution in [2.75, 3.05) is 10.4 Å². The number of benzene rings is 1. The van der Waals surface area contributed by atoms with Crippen LogP contribution in [0.15, 0.2) is 27.4 Å². The molecule has 4 heteroatoms. The van der Waals surface area contributed by atoms with Crippen molar-refractivity contribution in [1.29, 1.82) is 0 Å². The second kappa shape index (κ2) is 2.86. The third kappa shape index (κ3) is 1.16. The number of hydrogen-bond donors (Lipinski definition) is 0. The maximum absolute atomic E-state index is 5.13. The molecule has 0 aromatic heterocycles. The van der Waals surface area contributed by atoms with Gasteiger partial charge in [-0.25, -0.2) is 3.15 Å². The van der Waals surface area contributed by atoms with Crippen LogP contribution < -0.4 is 3.28 Å². The van der Waals surface area contributed by atoms with Crippen molar-refractivity contribution in [3.8, 4) is 0 Å². The van der Waals surface area contributed by atoms with Gasteiger partial charge >= 0.3 is 0 Å². The van der Waals surface area contributed by atoms with E-state index in [1.807, 2.05) is 27.5 Å². The summed E-state index contributed by atoms with van der Waals surface area (Å²) in [5.74, 6) is 0. The molecule has 1 aliphatic heterocycles. The Kier molecular flexibility index (Phi) is 1.87. The van der Waals surface area contributed by atoms with Crippen molar-refractivity contribution in [2.45, 2.75) is 0 Å². The van der Waals surface area contributed by atoms with E-state index in [2.05, 4.69) is 3.15 Å². The molecule has 0 spiro atoms. The van der Waals surface area contributed by atoms with Crippen molar-refractivity contribution >= 4 is 32.7 Å². The molecule has 0 bridgehead atoms. The van der Waals surface area contributed by atoms with Crippen molar-refractivity contribution in [2.24, 2.45) is 3.15 Å². The Labute approximate surface area is 75.4 Å². The SMILES string of the molecule is CON1I=Nc2ccccc21. The summed E-state index contributed by atoms with van der Waals surface area (Å²) in [7, 11) is 1.68. The molecule has 0 N–H and O–H groups in total. The summed E-state index contributed by atoms with van der Waals surface area (Å²) in [4.78, 5) is 5.13. The third-order valence-corrected chi connectivity index (χ3v) is 3.47. The van der Waals surface area contributed by atoms with Gasteiger partial charge < -0.3 is 0 Å². The van der Waals surface area contributed by atoms with Crippen LogP contribution in [0.4, 0.5) is 11.4 Å². The van der Waals surface area contributed by atoms with E-state index < -0.39 is 0 Å². The number of anilines is 1. The summed E-state index contributed by atoms with van der Waals surface area (Å²) in [5, 5.41) is 0. The fourth-order valence-electron chi connectivity index (χ4n) is 0.929. The number of nitrogens with zero attached hydrogens (tertiary/aromatic N) is 2. The first-order valence-electron chi connectivity index (χ1n) is 3.20. The molecule has 1 aromatic carbocycles. The lowest BCUT2D eigenvalue weighted by atomic mass is 10.3. The van der Waals surface area contributed by atoms with Gasteiger partial charge in [0.1, 0.15) is 27.0 Å². The molecule has 2 rings (SSSR count). The maximum atomic E-state index is 5.13. The Morgan fingerprint density at radius 2 is 2.27 bits per heavy atom. The molecule has 0 saturated carbocycles. The topological polar surface area (TPSA) is 24.8 Å². The van der Waals surface area contributed by atoms with Crippen LogP contribution in [0.1, 0.15) is 0 Å². The first-order valence-corrected chi connectivity index (χ1v) is 5.13. The fraction of sp³-hybridized carbons (Fsp3) is 0.143. The smallest absolute Gasteiger partial charge is 0.148 e. The average molecular weight is 262 g/mol. The molecule has 1 heterocycles. The molecule has 1 aromatic rings. The van der Waals surface area contributed by atoms with E-state index in [9.17, 15) is 0 Å². The van der Waals surface area contributed by atoms with Crippen LogP contribution in [0.3, 0.4) is 0 Å². The summed E-state index contributed by atoms with van der Waals surface area (Å²) in [6.45, 7) is 0. The Morgan fingerprint density at radius 3 is 3.09 bits per heavy atom. The summed E-state index contributed by atoms with van der Waals surface area (Å²) in [5.41, 5.74) is 2.16. The minimum absolute atomic E-state index is 0.317. The van der Waals surface area contributed by atoms with Gasteiger partial charge in [0.15, 0.2) is 0 Å². The Balaban J connectivity index is 2.46. The van der Waals surface area contributed by atoms with Gasteiger partial charge in [0.2, 0.25) is 0 Å². The van der Waals surface area contributed by atoms with Crippen molar-refractivity contribution in [1.82, 2.24) is 0 Å². The van der Waals surface area contributed by atoms with Crippen LogP contribution in [0.2, 0.25) is 0 Å². The third-order valence-electron chi connectivity index (χ3n) is 1.43. The maximum Gasteiger partial charge on any atom is 0.148 e. The van der Waals surface area contributed by atoms with Gasteiger partial charge in [-0.2, -0.15) is 3.28 Å². The van der Waals surface area contributed by atoms with E-state index in [0.29, 0.717) is 0 Å². The molecule has 1 aliphatic rings. The lowest BCUT2D eigenvalue weighted by Gasteiger charge is -2.09. The second-order valence-electron chi connectivity index (χ2n) is 2.08. The molecule has 0 atom stereocenters. The minimum Gasteiger partial charge on any atom is -0.266 e. The Morgan fingerprint density at radius 1 is 1.45 bits per heavy atom. The van der Waals surface area contributed by atoms with Gasteiger partial charge in [0.25, 0.3) is 0 Å². The van der Waals surface area contributed by atoms with Crippen molar-refractivity contribution in [3.05, 3.63) is 24.3 Å². The number of hydrogen-bond acceptors (Lipinski definition) is 3. The zero-order valence-corrected chi connectivity index (χ0v) is 8.15. The Hall–Kier alpha value is -0.490. The lowest BCUT2D eigenvalue weighted by molar-refractivity contribution is 0.237. The monoisotopic (exact) mass is 262 g/mol. The second-order valence-corrected chi connectivity index (χ2v) is 3.87. The van der Waals surface area contributed by atoms with E-state index in [1.54, 1.807) is 7.11 Å². The first kappa shape index (κ1) is 7.17. The van der Waals surface area contributed by atoms with E-state index in [-0.39, 0.29) is 21.3 Å². The van der Waals surface area contributed by atoms with Crippen LogP contribution >= 0.6 is 21.3 Å². The fourth-order valence-corrected chi connectivity index (χ4v) is 2.58. The van der Waals surface area contributed by atoms with Crippen molar-refractivity contribution in [3.63, 3.8) is 0 Å². The number of rotatable bonds is 1. The van der Waals surface area contributed by atoms with E-state index in [1.165, 1.54) is 0 Å². The van der Waals surface area contributed by atoms with Gasteiger partial charge in [-0.05, 0) is 12.1 Å². The molecule has 58 valence electrons. The van der Waals surface area contributed by atoms with Crippen LogP contribution in [0.5, 0.6) is 0 Å². The highest BCUT2D eigenvalue weighted by atomic mass is 127. The van der Waals surface area contributed by atoms with Gasteiger partial charge in [-0.3, -0.25) is 4.84 Å². The zero-order valence-electron chi connectivity index (χ0n) is 5.99. The van der Waals surface area contributed by atoms with Gasteiger partial charge in [-0.15, -0.1) is 0 Å². The van der Waals surface area contributed by atoms with Gasteiger partial charge in [-0.1, -0.05) is 12.1 Å². The summed E-state index contributed by atoms with van der Waals surface area (Å²) in [6, 6.07) is 8.02. The van der Waals surface area contributed by atoms with E-state index in [0.717, 1.165) is 11.4 Å². The quantitative estimate of drug-likeness (QED) is 0.574. The predicted molar refractivity (Wildman–Crippen MR) is 52.0 cm³/mol. The van der Waals surface area contributed by atoms with E-state index >= 15 is 0 Å². The first-order chi connectivity index (χ1) is 5.42. The number of para-hydroxylation sites is 1. The lowest BCUT2D eigenvalue weighted by Crippen LogP contribution is -2.04.